The number of hydrogen-bond acceptors (Lipinski definition) is 2. The summed E-state index contributed by atoms with van der Waals surface area (Å²) in [6, 6.07) is 0. The predicted octanol–water partition coefficient (Wildman–Crippen LogP) is 2.64. The highest BCUT2D eigenvalue weighted by molar-refractivity contribution is 7.91. The molecule has 1 fully saturated rings. The van der Waals surface area contributed by atoms with E-state index in [4.69, 9.17) is 0 Å². The van der Waals surface area contributed by atoms with E-state index < -0.39 is 9.84 Å². The van der Waals surface area contributed by atoms with Gasteiger partial charge in [0.05, 0.1) is 11.5 Å². The first kappa shape index (κ1) is 12.0. The molecule has 0 N–H and O–H groups in total. The van der Waals surface area contributed by atoms with Crippen molar-refractivity contribution in [1.82, 2.24) is 0 Å². The van der Waals surface area contributed by atoms with E-state index >= 15 is 0 Å². The third-order valence-corrected chi connectivity index (χ3v) is 5.28. The van der Waals surface area contributed by atoms with Crippen LogP contribution in [0.5, 0.6) is 0 Å². The van der Waals surface area contributed by atoms with E-state index in [0.717, 1.165) is 12.8 Å². The second-order valence-corrected chi connectivity index (χ2v) is 7.58. The molecule has 0 radical (unpaired) electrons. The number of hydrogen-bond donors (Lipinski definition) is 0. The molecule has 0 unspecified atom stereocenters. The van der Waals surface area contributed by atoms with Gasteiger partial charge in [-0.1, -0.05) is 33.6 Å². The molecule has 0 aliphatic heterocycles. The van der Waals surface area contributed by atoms with Gasteiger partial charge in [0, 0.05) is 0 Å². The molecule has 1 aliphatic rings. The minimum absolute atomic E-state index is 0.0771. The summed E-state index contributed by atoms with van der Waals surface area (Å²) in [5.74, 6) is 1.01. The minimum atomic E-state index is -2.82. The van der Waals surface area contributed by atoms with Crippen LogP contribution in [0, 0.1) is 11.3 Å². The molecule has 0 saturated heterocycles. The Morgan fingerprint density at radius 1 is 1.21 bits per heavy atom. The summed E-state index contributed by atoms with van der Waals surface area (Å²) >= 11 is 0. The lowest BCUT2D eigenvalue weighted by Crippen LogP contribution is -2.27. The molecule has 1 saturated carbocycles. The van der Waals surface area contributed by atoms with Gasteiger partial charge in [-0.3, -0.25) is 0 Å². The molecular formula is C11H22O2S. The van der Waals surface area contributed by atoms with Crippen molar-refractivity contribution >= 4 is 9.84 Å². The smallest absolute Gasteiger partial charge is 0.151 e. The summed E-state index contributed by atoms with van der Waals surface area (Å²) in [4.78, 5) is 0. The fraction of sp³-hybridized carbons (Fsp3) is 1.00. The van der Waals surface area contributed by atoms with Gasteiger partial charge in [0.1, 0.15) is 0 Å². The van der Waals surface area contributed by atoms with Crippen molar-refractivity contribution in [3.05, 3.63) is 0 Å². The Morgan fingerprint density at radius 3 is 2.14 bits per heavy atom. The molecule has 0 spiro atoms. The van der Waals surface area contributed by atoms with Crippen LogP contribution in [0.3, 0.4) is 0 Å². The number of rotatable bonds is 4. The topological polar surface area (TPSA) is 34.1 Å². The highest BCUT2D eigenvalue weighted by atomic mass is 32.2. The Kier molecular flexibility index (Phi) is 3.62. The highest BCUT2D eigenvalue weighted by Crippen LogP contribution is 2.38. The molecule has 0 aromatic carbocycles. The molecule has 14 heavy (non-hydrogen) atoms. The van der Waals surface area contributed by atoms with Gasteiger partial charge in [0.2, 0.25) is 0 Å². The maximum atomic E-state index is 11.8. The summed E-state index contributed by atoms with van der Waals surface area (Å²) < 4.78 is 23.6. The van der Waals surface area contributed by atoms with Crippen molar-refractivity contribution in [1.29, 1.82) is 0 Å². The summed E-state index contributed by atoms with van der Waals surface area (Å²) in [6.45, 7) is 6.06. The Bertz CT molecular complexity index is 272. The van der Waals surface area contributed by atoms with Crippen LogP contribution < -0.4 is 0 Å². The molecule has 0 aromatic heterocycles. The van der Waals surface area contributed by atoms with Crippen molar-refractivity contribution in [2.75, 3.05) is 11.5 Å². The quantitative estimate of drug-likeness (QED) is 0.727. The van der Waals surface area contributed by atoms with Gasteiger partial charge < -0.3 is 0 Å². The fourth-order valence-corrected chi connectivity index (χ4v) is 4.95. The fourth-order valence-electron chi connectivity index (χ4n) is 2.47. The van der Waals surface area contributed by atoms with Gasteiger partial charge in [-0.25, -0.2) is 8.42 Å². The van der Waals surface area contributed by atoms with Crippen molar-refractivity contribution < 1.29 is 8.42 Å². The molecule has 1 rings (SSSR count). The largest absolute Gasteiger partial charge is 0.229 e. The van der Waals surface area contributed by atoms with E-state index in [1.165, 1.54) is 12.8 Å². The van der Waals surface area contributed by atoms with Gasteiger partial charge >= 0.3 is 0 Å². The van der Waals surface area contributed by atoms with E-state index in [1.807, 2.05) is 13.8 Å². The highest BCUT2D eigenvalue weighted by Gasteiger charge is 2.33. The maximum absolute atomic E-state index is 11.8. The number of sulfone groups is 1. The van der Waals surface area contributed by atoms with Crippen LogP contribution in [0.15, 0.2) is 0 Å². The van der Waals surface area contributed by atoms with E-state index in [9.17, 15) is 8.42 Å². The molecule has 0 bridgehead atoms. The molecule has 84 valence electrons. The lowest BCUT2D eigenvalue weighted by Gasteiger charge is -2.23. The van der Waals surface area contributed by atoms with Crippen molar-refractivity contribution in [3.8, 4) is 0 Å². The first-order valence-corrected chi connectivity index (χ1v) is 7.36. The van der Waals surface area contributed by atoms with E-state index in [0.29, 0.717) is 11.5 Å². The Hall–Kier alpha value is -0.0500. The van der Waals surface area contributed by atoms with Crippen molar-refractivity contribution in [2.24, 2.45) is 11.3 Å². The maximum Gasteiger partial charge on any atom is 0.151 e. The summed E-state index contributed by atoms with van der Waals surface area (Å²) in [5, 5.41) is 0. The third-order valence-electron chi connectivity index (χ3n) is 2.97. The second-order valence-electron chi connectivity index (χ2n) is 5.47. The molecule has 1 aliphatic carbocycles. The zero-order chi connectivity index (χ0) is 10.8. The van der Waals surface area contributed by atoms with E-state index in [1.54, 1.807) is 0 Å². The van der Waals surface area contributed by atoms with Crippen LogP contribution >= 0.6 is 0 Å². The van der Waals surface area contributed by atoms with E-state index in [-0.39, 0.29) is 11.3 Å². The van der Waals surface area contributed by atoms with Crippen LogP contribution in [0.1, 0.15) is 46.5 Å². The Morgan fingerprint density at radius 2 is 1.71 bits per heavy atom. The Labute approximate surface area is 88.0 Å². The lowest BCUT2D eigenvalue weighted by atomic mass is 9.92. The van der Waals surface area contributed by atoms with Gasteiger partial charge in [-0.05, 0) is 24.2 Å². The van der Waals surface area contributed by atoms with Crippen molar-refractivity contribution in [3.63, 3.8) is 0 Å². The van der Waals surface area contributed by atoms with Crippen LogP contribution in [0.2, 0.25) is 0 Å². The summed E-state index contributed by atoms with van der Waals surface area (Å²) in [5.41, 5.74) is 0.0771. The van der Waals surface area contributed by atoms with Crippen molar-refractivity contribution in [2.45, 2.75) is 46.5 Å². The second kappa shape index (κ2) is 4.21. The molecule has 2 nitrogen and oxygen atoms in total. The molecule has 3 heteroatoms. The van der Waals surface area contributed by atoms with Gasteiger partial charge in [-0.15, -0.1) is 0 Å². The first-order chi connectivity index (χ1) is 6.33. The van der Waals surface area contributed by atoms with Crippen LogP contribution in [0.4, 0.5) is 0 Å². The average Bonchev–Trinajstić information content (AvgIpc) is 2.30. The van der Waals surface area contributed by atoms with Crippen LogP contribution in [0.25, 0.3) is 0 Å². The molecular weight excluding hydrogens is 196 g/mol. The van der Waals surface area contributed by atoms with E-state index in [2.05, 4.69) is 6.92 Å². The lowest BCUT2D eigenvalue weighted by molar-refractivity contribution is 0.381. The van der Waals surface area contributed by atoms with Gasteiger partial charge in [0.15, 0.2) is 9.84 Å². The third kappa shape index (κ3) is 3.60. The SMILES string of the molecule is CC(C)CS(=O)(=O)CC1(C)CCCC1. The van der Waals surface area contributed by atoms with Gasteiger partial charge in [-0.2, -0.15) is 0 Å². The van der Waals surface area contributed by atoms with Crippen LogP contribution in [-0.2, 0) is 9.84 Å². The zero-order valence-corrected chi connectivity index (χ0v) is 10.4. The average molecular weight is 218 g/mol. The summed E-state index contributed by atoms with van der Waals surface area (Å²) in [7, 11) is -2.82. The zero-order valence-electron chi connectivity index (χ0n) is 9.54. The Balaban J connectivity index is 2.58. The predicted molar refractivity (Wildman–Crippen MR) is 60.1 cm³/mol. The molecule has 0 heterocycles. The normalized spacial score (nSPS) is 21.7. The van der Waals surface area contributed by atoms with Crippen LogP contribution in [-0.4, -0.2) is 19.9 Å². The summed E-state index contributed by atoms with van der Waals surface area (Å²) in [6.07, 6.45) is 4.58. The molecule has 0 atom stereocenters. The monoisotopic (exact) mass is 218 g/mol. The van der Waals surface area contributed by atoms with Gasteiger partial charge in [0.25, 0.3) is 0 Å². The minimum Gasteiger partial charge on any atom is -0.229 e. The standard InChI is InChI=1S/C11H22O2S/c1-10(2)8-14(12,13)9-11(3)6-4-5-7-11/h10H,4-9H2,1-3H3. The molecule has 0 aromatic rings. The molecule has 0 amide bonds. The first-order valence-electron chi connectivity index (χ1n) is 5.53.